The number of rotatable bonds is 2. The summed E-state index contributed by atoms with van der Waals surface area (Å²) < 4.78 is 4.62. The minimum Gasteiger partial charge on any atom is -0.402 e. The molecule has 0 saturated heterocycles. The lowest BCUT2D eigenvalue weighted by Crippen LogP contribution is -2.27. The van der Waals surface area contributed by atoms with Crippen molar-refractivity contribution in [1.29, 1.82) is 0 Å². The summed E-state index contributed by atoms with van der Waals surface area (Å²) in [6.45, 7) is 1.61. The molecule has 0 aliphatic carbocycles. The van der Waals surface area contributed by atoms with E-state index in [4.69, 9.17) is 11.1 Å². The normalized spacial score (nSPS) is 18.1. The van der Waals surface area contributed by atoms with E-state index in [-0.39, 0.29) is 0 Å². The van der Waals surface area contributed by atoms with Crippen LogP contribution in [-0.4, -0.2) is 20.6 Å². The Morgan fingerprint density at radius 2 is 2.29 bits per heavy atom. The summed E-state index contributed by atoms with van der Waals surface area (Å²) in [4.78, 5) is 9.86. The predicted octanol–water partition coefficient (Wildman–Crippen LogP) is 0.715. The van der Waals surface area contributed by atoms with Crippen LogP contribution in [0.4, 0.5) is 0 Å². The van der Waals surface area contributed by atoms with E-state index in [1.807, 2.05) is 0 Å². The van der Waals surface area contributed by atoms with E-state index in [1.165, 1.54) is 7.11 Å². The highest BCUT2D eigenvalue weighted by molar-refractivity contribution is 7.29. The maximum absolute atomic E-state index is 9.86. The van der Waals surface area contributed by atoms with Gasteiger partial charge in [0.05, 0.1) is 0 Å². The van der Waals surface area contributed by atoms with Crippen LogP contribution in [0.2, 0.25) is 6.55 Å². The van der Waals surface area contributed by atoms with Gasteiger partial charge in [-0.15, -0.1) is 11.1 Å². The summed E-state index contributed by atoms with van der Waals surface area (Å²) >= 11 is 5.45. The Morgan fingerprint density at radius 3 is 2.29 bits per heavy atom. The van der Waals surface area contributed by atoms with E-state index in [1.54, 1.807) is 6.55 Å². The lowest BCUT2D eigenvalue weighted by molar-refractivity contribution is 0.425. The minimum absolute atomic E-state index is 0.675. The van der Waals surface area contributed by atoms with Gasteiger partial charge in [0.1, 0.15) is 5.91 Å². The minimum atomic E-state index is -2.36. The molecule has 0 bridgehead atoms. The van der Waals surface area contributed by atoms with Gasteiger partial charge in [0.25, 0.3) is 0 Å². The van der Waals surface area contributed by atoms with E-state index >= 15 is 0 Å². The first-order valence-electron chi connectivity index (χ1n) is 1.83. The molecule has 0 aromatic rings. The van der Waals surface area contributed by atoms with Gasteiger partial charge in [0.15, 0.2) is 0 Å². The fourth-order valence-electron chi connectivity index (χ4n) is 0.0481. The van der Waals surface area contributed by atoms with Gasteiger partial charge in [-0.05, 0) is 6.55 Å². The van der Waals surface area contributed by atoms with Crippen LogP contribution in [0.3, 0.4) is 0 Å². The van der Waals surface area contributed by atoms with E-state index in [0.29, 0.717) is 5.91 Å². The molecule has 7 heavy (non-hydrogen) atoms. The van der Waals surface area contributed by atoms with Gasteiger partial charge in [-0.3, -0.25) is 0 Å². The van der Waals surface area contributed by atoms with Crippen LogP contribution in [0.5, 0.6) is 0 Å². The van der Waals surface area contributed by atoms with Crippen molar-refractivity contribution in [3.8, 4) is 0 Å². The third-order valence-electron chi connectivity index (χ3n) is 0.610. The molecule has 1 unspecified atom stereocenters. The third-order valence-corrected chi connectivity index (χ3v) is 2.56. The second kappa shape index (κ2) is 2.45. The number of hydrogen-bond acceptors (Lipinski definition) is 2. The molecule has 0 N–H and O–H groups in total. The van der Waals surface area contributed by atoms with Gasteiger partial charge in [0.2, 0.25) is 0 Å². The molecular weight excluding hydrogens is 132 g/mol. The van der Waals surface area contributed by atoms with Crippen molar-refractivity contribution in [1.82, 2.24) is 0 Å². The largest absolute Gasteiger partial charge is 0.402 e. The number of carbonyl (C=O) groups is 1. The summed E-state index contributed by atoms with van der Waals surface area (Å²) in [6, 6.07) is 0. The van der Waals surface area contributed by atoms with E-state index < -0.39 is 7.63 Å². The van der Waals surface area contributed by atoms with Crippen molar-refractivity contribution in [3.05, 3.63) is 0 Å². The van der Waals surface area contributed by atoms with Gasteiger partial charge in [-0.25, -0.2) is 0 Å². The number of halogens is 1. The summed E-state index contributed by atoms with van der Waals surface area (Å²) in [5, 5.41) is 0. The second-order valence-corrected chi connectivity index (χ2v) is 6.18. The van der Waals surface area contributed by atoms with E-state index in [2.05, 4.69) is 4.43 Å². The molecule has 0 aromatic heterocycles. The van der Waals surface area contributed by atoms with Gasteiger partial charge in [-0.2, -0.15) is 0 Å². The summed E-state index contributed by atoms with van der Waals surface area (Å²) in [5.41, 5.74) is 0. The fraction of sp³-hybridized carbons (Fsp3) is 0.667. The smallest absolute Gasteiger partial charge is 0.353 e. The summed E-state index contributed by atoms with van der Waals surface area (Å²) in [7, 11) is -0.921. The van der Waals surface area contributed by atoms with Crippen molar-refractivity contribution < 1.29 is 9.22 Å². The first kappa shape index (κ1) is 7.14. The molecule has 0 aliphatic rings. The summed E-state index contributed by atoms with van der Waals surface area (Å²) in [5.74, 6) is 0.675. The highest BCUT2D eigenvalue weighted by Crippen LogP contribution is 2.02. The number of hydrogen-bond donors (Lipinski definition) is 0. The predicted molar refractivity (Wildman–Crippen MR) is 31.2 cm³/mol. The lowest BCUT2D eigenvalue weighted by Gasteiger charge is -2.05. The second-order valence-electron chi connectivity index (χ2n) is 1.31. The van der Waals surface area contributed by atoms with Crippen molar-refractivity contribution in [3.63, 3.8) is 0 Å². The van der Waals surface area contributed by atoms with Crippen molar-refractivity contribution in [2.45, 2.75) is 6.55 Å². The van der Waals surface area contributed by atoms with Gasteiger partial charge in [-0.1, -0.05) is 0 Å². The Kier molecular flexibility index (Phi) is 2.49. The molecule has 1 atom stereocenters. The molecule has 0 aliphatic heterocycles. The van der Waals surface area contributed by atoms with E-state index in [0.717, 1.165) is 0 Å². The molecule has 0 aromatic carbocycles. The first-order valence-corrected chi connectivity index (χ1v) is 5.32. The molecule has 4 heteroatoms. The molecule has 2 nitrogen and oxygen atoms in total. The maximum atomic E-state index is 9.86. The maximum Gasteiger partial charge on any atom is 0.353 e. The molecular formula is C3H7ClO2Si. The average molecular weight is 139 g/mol. The number of carbonyl (C=O) groups excluding carboxylic acids is 1. The van der Waals surface area contributed by atoms with Crippen LogP contribution in [0.1, 0.15) is 0 Å². The zero-order valence-electron chi connectivity index (χ0n) is 4.27. The fourth-order valence-corrected chi connectivity index (χ4v) is 0.144. The highest BCUT2D eigenvalue weighted by atomic mass is 35.6. The van der Waals surface area contributed by atoms with Crippen molar-refractivity contribution in [2.24, 2.45) is 0 Å². The van der Waals surface area contributed by atoms with Gasteiger partial charge < -0.3 is 9.22 Å². The lowest BCUT2D eigenvalue weighted by atomic mass is 11.8. The molecule has 0 amide bonds. The molecule has 0 fully saturated rings. The third kappa shape index (κ3) is 2.79. The summed E-state index contributed by atoms with van der Waals surface area (Å²) in [6.07, 6.45) is 0. The Balaban J connectivity index is 3.58. The molecule has 0 spiro atoms. The zero-order valence-corrected chi connectivity index (χ0v) is 6.03. The Morgan fingerprint density at radius 1 is 1.86 bits per heavy atom. The zero-order chi connectivity index (χ0) is 5.91. The van der Waals surface area contributed by atoms with Crippen LogP contribution in [0, 0.1) is 0 Å². The monoisotopic (exact) mass is 138 g/mol. The standard InChI is InChI=1S/C3H7ClO2Si/c1-6-7(2,4)3-5/h3H,1-2H3. The Bertz CT molecular complexity index is 73.3. The van der Waals surface area contributed by atoms with Gasteiger partial charge in [0, 0.05) is 7.11 Å². The van der Waals surface area contributed by atoms with Crippen molar-refractivity contribution in [2.75, 3.05) is 7.11 Å². The van der Waals surface area contributed by atoms with Gasteiger partial charge >= 0.3 is 7.63 Å². The average Bonchev–Trinajstić information content (AvgIpc) is 1.68. The molecule has 0 heterocycles. The van der Waals surface area contributed by atoms with E-state index in [9.17, 15) is 4.79 Å². The molecule has 0 radical (unpaired) electrons. The first-order chi connectivity index (χ1) is 3.12. The Hall–Kier alpha value is 0.137. The quantitative estimate of drug-likeness (QED) is 0.319. The molecule has 0 rings (SSSR count). The SMILES string of the molecule is CO[Si](C)(Cl)C=O. The molecule has 42 valence electrons. The topological polar surface area (TPSA) is 26.3 Å². The van der Waals surface area contributed by atoms with Crippen LogP contribution in [-0.2, 0) is 9.22 Å². The van der Waals surface area contributed by atoms with Crippen LogP contribution < -0.4 is 0 Å². The van der Waals surface area contributed by atoms with Crippen LogP contribution in [0.25, 0.3) is 0 Å². The highest BCUT2D eigenvalue weighted by Gasteiger charge is 2.22. The van der Waals surface area contributed by atoms with Crippen LogP contribution in [0.15, 0.2) is 0 Å². The molecule has 0 saturated carbocycles. The Labute approximate surface area is 48.3 Å². The van der Waals surface area contributed by atoms with Crippen LogP contribution >= 0.6 is 11.1 Å². The van der Waals surface area contributed by atoms with Crippen molar-refractivity contribution >= 4 is 24.6 Å².